The fourth-order valence-corrected chi connectivity index (χ4v) is 1.86. The van der Waals surface area contributed by atoms with Gasteiger partial charge in [0.2, 0.25) is 0 Å². The summed E-state index contributed by atoms with van der Waals surface area (Å²) in [6, 6.07) is 16.5. The van der Waals surface area contributed by atoms with Crippen molar-refractivity contribution in [2.24, 2.45) is 0 Å². The maximum atomic E-state index is 9.31. The number of anilines is 1. The second kappa shape index (κ2) is 5.02. The van der Waals surface area contributed by atoms with Crippen molar-refractivity contribution < 1.29 is 5.11 Å². The minimum Gasteiger partial charge on any atom is -0.374 e. The number of rotatable bonds is 3. The molecule has 0 aliphatic carbocycles. The molecule has 0 aliphatic heterocycles. The van der Waals surface area contributed by atoms with E-state index in [-0.39, 0.29) is 0 Å². The first-order valence-corrected chi connectivity index (χ1v) is 5.77. The van der Waals surface area contributed by atoms with Crippen LogP contribution in [-0.4, -0.2) is 11.3 Å². The van der Waals surface area contributed by atoms with E-state index in [1.54, 1.807) is 6.92 Å². The Bertz CT molecular complexity index is 492. The molecule has 0 radical (unpaired) electrons. The Morgan fingerprint density at radius 3 is 2.29 bits per heavy atom. The lowest BCUT2D eigenvalue weighted by atomic mass is 10.0. The highest BCUT2D eigenvalue weighted by Gasteiger charge is 2.03. The Morgan fingerprint density at radius 1 is 1.00 bits per heavy atom. The van der Waals surface area contributed by atoms with Crippen LogP contribution in [0.25, 0.3) is 11.1 Å². The maximum Gasteiger partial charge on any atom is 0.121 e. The van der Waals surface area contributed by atoms with Crippen LogP contribution in [0.3, 0.4) is 0 Å². The van der Waals surface area contributed by atoms with Crippen molar-refractivity contribution in [1.29, 1.82) is 0 Å². The van der Waals surface area contributed by atoms with Crippen LogP contribution in [0, 0.1) is 6.92 Å². The lowest BCUT2D eigenvalue weighted by molar-refractivity contribution is 0.224. The van der Waals surface area contributed by atoms with E-state index in [4.69, 9.17) is 0 Å². The minimum absolute atomic E-state index is 0.531. The van der Waals surface area contributed by atoms with Crippen LogP contribution in [-0.2, 0) is 0 Å². The molecule has 2 aromatic rings. The van der Waals surface area contributed by atoms with E-state index < -0.39 is 6.23 Å². The first-order valence-electron chi connectivity index (χ1n) is 5.77. The number of hydrogen-bond donors (Lipinski definition) is 2. The fourth-order valence-electron chi connectivity index (χ4n) is 1.86. The van der Waals surface area contributed by atoms with Gasteiger partial charge >= 0.3 is 0 Å². The second-order valence-corrected chi connectivity index (χ2v) is 4.22. The van der Waals surface area contributed by atoms with Crippen LogP contribution in [0.4, 0.5) is 5.69 Å². The molecule has 2 rings (SSSR count). The third-order valence-electron chi connectivity index (χ3n) is 2.70. The average Bonchev–Trinajstić information content (AvgIpc) is 2.32. The highest BCUT2D eigenvalue weighted by Crippen LogP contribution is 2.24. The number of nitrogens with one attached hydrogen (secondary N) is 1. The van der Waals surface area contributed by atoms with Gasteiger partial charge in [-0.3, -0.25) is 0 Å². The van der Waals surface area contributed by atoms with Crippen LogP contribution in [0.5, 0.6) is 0 Å². The van der Waals surface area contributed by atoms with Crippen molar-refractivity contribution >= 4 is 5.69 Å². The van der Waals surface area contributed by atoms with E-state index in [0.717, 1.165) is 11.3 Å². The number of aliphatic hydroxyl groups is 1. The molecular formula is C15H17NO. The first kappa shape index (κ1) is 11.7. The van der Waals surface area contributed by atoms with Gasteiger partial charge < -0.3 is 10.4 Å². The molecule has 2 aromatic carbocycles. The standard InChI is InChI=1S/C15H17NO/c1-11-10-14(13-6-4-3-5-7-13)8-9-15(11)16-12(2)17/h3-10,12,16-17H,1-2H3. The van der Waals surface area contributed by atoms with Gasteiger partial charge in [0.05, 0.1) is 0 Å². The molecule has 2 nitrogen and oxygen atoms in total. The third kappa shape index (κ3) is 2.86. The number of aryl methyl sites for hydroxylation is 1. The van der Waals surface area contributed by atoms with Gasteiger partial charge in [-0.15, -0.1) is 0 Å². The monoisotopic (exact) mass is 227 g/mol. The molecule has 0 amide bonds. The number of hydrogen-bond acceptors (Lipinski definition) is 2. The van der Waals surface area contributed by atoms with Gasteiger partial charge in [0.25, 0.3) is 0 Å². The summed E-state index contributed by atoms with van der Waals surface area (Å²) in [5.41, 5.74) is 4.50. The quantitative estimate of drug-likeness (QED) is 0.787. The molecule has 1 atom stereocenters. The van der Waals surface area contributed by atoms with Gasteiger partial charge in [-0.1, -0.05) is 36.4 Å². The SMILES string of the molecule is Cc1cc(-c2ccccc2)ccc1NC(C)O. The molecule has 88 valence electrons. The molecule has 0 fully saturated rings. The minimum atomic E-state index is -0.531. The summed E-state index contributed by atoms with van der Waals surface area (Å²) in [5, 5.41) is 12.3. The summed E-state index contributed by atoms with van der Waals surface area (Å²) >= 11 is 0. The van der Waals surface area contributed by atoms with E-state index in [2.05, 4.69) is 29.6 Å². The predicted octanol–water partition coefficient (Wildman–Crippen LogP) is 3.41. The summed E-state index contributed by atoms with van der Waals surface area (Å²) in [7, 11) is 0. The predicted molar refractivity (Wildman–Crippen MR) is 71.9 cm³/mol. The zero-order valence-electron chi connectivity index (χ0n) is 10.1. The average molecular weight is 227 g/mol. The van der Waals surface area contributed by atoms with Gasteiger partial charge in [-0.2, -0.15) is 0 Å². The normalized spacial score (nSPS) is 12.2. The van der Waals surface area contributed by atoms with Crippen LogP contribution in [0.15, 0.2) is 48.5 Å². The first-order chi connectivity index (χ1) is 8.16. The van der Waals surface area contributed by atoms with Crippen molar-refractivity contribution in [3.05, 3.63) is 54.1 Å². The summed E-state index contributed by atoms with van der Waals surface area (Å²) in [4.78, 5) is 0. The molecule has 0 spiro atoms. The van der Waals surface area contributed by atoms with E-state index in [0.29, 0.717) is 0 Å². The van der Waals surface area contributed by atoms with E-state index in [9.17, 15) is 5.11 Å². The fraction of sp³-hybridized carbons (Fsp3) is 0.200. The van der Waals surface area contributed by atoms with E-state index in [1.165, 1.54) is 11.1 Å². The molecule has 0 heterocycles. The van der Waals surface area contributed by atoms with E-state index >= 15 is 0 Å². The van der Waals surface area contributed by atoms with E-state index in [1.807, 2.05) is 31.2 Å². The van der Waals surface area contributed by atoms with Crippen molar-refractivity contribution in [1.82, 2.24) is 0 Å². The molecule has 0 saturated carbocycles. The molecule has 2 N–H and O–H groups in total. The second-order valence-electron chi connectivity index (χ2n) is 4.22. The zero-order valence-corrected chi connectivity index (χ0v) is 10.1. The van der Waals surface area contributed by atoms with Crippen molar-refractivity contribution in [3.63, 3.8) is 0 Å². The van der Waals surface area contributed by atoms with Gasteiger partial charge in [0.15, 0.2) is 0 Å². The molecule has 0 aliphatic rings. The molecule has 2 heteroatoms. The molecule has 0 bridgehead atoms. The Hall–Kier alpha value is -1.80. The summed E-state index contributed by atoms with van der Waals surface area (Å²) < 4.78 is 0. The highest BCUT2D eigenvalue weighted by atomic mass is 16.3. The maximum absolute atomic E-state index is 9.31. The van der Waals surface area contributed by atoms with Gasteiger partial charge in [-0.05, 0) is 42.7 Å². The molecular weight excluding hydrogens is 210 g/mol. The van der Waals surface area contributed by atoms with Gasteiger partial charge in [0.1, 0.15) is 6.23 Å². The smallest absolute Gasteiger partial charge is 0.121 e. The Labute approximate surface area is 102 Å². The molecule has 0 saturated heterocycles. The number of benzene rings is 2. The molecule has 0 aromatic heterocycles. The summed E-state index contributed by atoms with van der Waals surface area (Å²) in [6.07, 6.45) is -0.531. The summed E-state index contributed by atoms with van der Waals surface area (Å²) in [6.45, 7) is 3.75. The van der Waals surface area contributed by atoms with Gasteiger partial charge in [-0.25, -0.2) is 0 Å². The van der Waals surface area contributed by atoms with Gasteiger partial charge in [0, 0.05) is 5.69 Å². The Kier molecular flexibility index (Phi) is 3.45. The van der Waals surface area contributed by atoms with Crippen molar-refractivity contribution in [2.45, 2.75) is 20.1 Å². The topological polar surface area (TPSA) is 32.3 Å². The third-order valence-corrected chi connectivity index (χ3v) is 2.70. The van der Waals surface area contributed by atoms with Crippen LogP contribution in [0.2, 0.25) is 0 Å². The lowest BCUT2D eigenvalue weighted by Crippen LogP contribution is -2.14. The van der Waals surface area contributed by atoms with Crippen LogP contribution < -0.4 is 5.32 Å². The summed E-state index contributed by atoms with van der Waals surface area (Å²) in [5.74, 6) is 0. The Morgan fingerprint density at radius 2 is 1.71 bits per heavy atom. The Balaban J connectivity index is 2.31. The molecule has 17 heavy (non-hydrogen) atoms. The van der Waals surface area contributed by atoms with Crippen molar-refractivity contribution in [3.8, 4) is 11.1 Å². The van der Waals surface area contributed by atoms with Crippen molar-refractivity contribution in [2.75, 3.05) is 5.32 Å². The van der Waals surface area contributed by atoms with Crippen LogP contribution in [0.1, 0.15) is 12.5 Å². The number of aliphatic hydroxyl groups excluding tert-OH is 1. The van der Waals surface area contributed by atoms with Crippen LogP contribution >= 0.6 is 0 Å². The highest BCUT2D eigenvalue weighted by molar-refractivity contribution is 5.68. The zero-order chi connectivity index (χ0) is 12.3. The largest absolute Gasteiger partial charge is 0.374 e. The lowest BCUT2D eigenvalue weighted by Gasteiger charge is -2.13. The molecule has 1 unspecified atom stereocenters.